The standard InChI is InChI=1S/C18H24FN5O3S/c1-13-18(14(2)22(3)21-13)20-17(25)12-23-8-10-24(11-9-23)28(26,27)16-7-5-4-6-15(16)19/h4-7H,8-12H2,1-3H3,(H,20,25)/p+1. The predicted octanol–water partition coefficient (Wildman–Crippen LogP) is -0.296. The van der Waals surface area contributed by atoms with E-state index >= 15 is 0 Å². The molecule has 1 aromatic heterocycles. The predicted molar refractivity (Wildman–Crippen MR) is 102 cm³/mol. The van der Waals surface area contributed by atoms with Crippen LogP contribution < -0.4 is 10.2 Å². The molecule has 0 saturated carbocycles. The molecule has 0 bridgehead atoms. The Hall–Kier alpha value is -2.30. The van der Waals surface area contributed by atoms with E-state index in [-0.39, 0.29) is 30.4 Å². The summed E-state index contributed by atoms with van der Waals surface area (Å²) in [7, 11) is -2.05. The normalized spacial score (nSPS) is 16.3. The van der Waals surface area contributed by atoms with Crippen molar-refractivity contribution in [3.63, 3.8) is 0 Å². The Labute approximate surface area is 164 Å². The zero-order valence-corrected chi connectivity index (χ0v) is 17.0. The van der Waals surface area contributed by atoms with Crippen LogP contribution in [0.2, 0.25) is 0 Å². The van der Waals surface area contributed by atoms with E-state index in [2.05, 4.69) is 10.4 Å². The fourth-order valence-corrected chi connectivity index (χ4v) is 4.88. The van der Waals surface area contributed by atoms with E-state index < -0.39 is 15.8 Å². The van der Waals surface area contributed by atoms with Gasteiger partial charge in [0.2, 0.25) is 10.0 Å². The Morgan fingerprint density at radius 3 is 2.46 bits per heavy atom. The summed E-state index contributed by atoms with van der Waals surface area (Å²) >= 11 is 0. The highest BCUT2D eigenvalue weighted by atomic mass is 32.2. The van der Waals surface area contributed by atoms with Gasteiger partial charge >= 0.3 is 0 Å². The number of sulfonamides is 1. The minimum absolute atomic E-state index is 0.139. The van der Waals surface area contributed by atoms with Gasteiger partial charge in [-0.1, -0.05) is 12.1 Å². The number of aryl methyl sites for hydroxylation is 2. The maximum Gasteiger partial charge on any atom is 0.279 e. The maximum absolute atomic E-state index is 13.9. The summed E-state index contributed by atoms with van der Waals surface area (Å²) in [6, 6.07) is 5.38. The second-order valence-corrected chi connectivity index (χ2v) is 8.89. The average Bonchev–Trinajstić information content (AvgIpc) is 2.88. The number of halogens is 1. The topological polar surface area (TPSA) is 88.7 Å². The molecule has 2 N–H and O–H groups in total. The number of carbonyl (C=O) groups excluding carboxylic acids is 1. The molecule has 1 aliphatic rings. The number of piperazine rings is 1. The zero-order valence-electron chi connectivity index (χ0n) is 16.2. The van der Waals surface area contributed by atoms with Crippen molar-refractivity contribution in [3.05, 3.63) is 41.5 Å². The third kappa shape index (κ3) is 4.08. The highest BCUT2D eigenvalue weighted by molar-refractivity contribution is 7.89. The molecule has 1 aromatic carbocycles. The van der Waals surface area contributed by atoms with Crippen LogP contribution in [0.5, 0.6) is 0 Å². The molecule has 152 valence electrons. The van der Waals surface area contributed by atoms with Crippen molar-refractivity contribution < 1.29 is 22.5 Å². The second-order valence-electron chi connectivity index (χ2n) is 6.98. The van der Waals surface area contributed by atoms with Gasteiger partial charge in [0, 0.05) is 7.05 Å². The maximum atomic E-state index is 13.9. The minimum Gasteiger partial charge on any atom is -0.325 e. The van der Waals surface area contributed by atoms with Gasteiger partial charge in [-0.2, -0.15) is 9.40 Å². The molecule has 0 radical (unpaired) electrons. The molecule has 1 amide bonds. The lowest BCUT2D eigenvalue weighted by Gasteiger charge is -2.31. The third-order valence-corrected chi connectivity index (χ3v) is 7.00. The summed E-state index contributed by atoms with van der Waals surface area (Å²) < 4.78 is 42.2. The molecule has 2 aromatic rings. The first-order valence-corrected chi connectivity index (χ1v) is 10.5. The lowest BCUT2D eigenvalue weighted by atomic mass is 10.3. The Morgan fingerprint density at radius 1 is 1.25 bits per heavy atom. The minimum atomic E-state index is -3.87. The Balaban J connectivity index is 1.58. The number of benzene rings is 1. The summed E-state index contributed by atoms with van der Waals surface area (Å²) in [6.07, 6.45) is 0. The van der Waals surface area contributed by atoms with Crippen LogP contribution in [0.25, 0.3) is 0 Å². The number of quaternary nitrogens is 1. The van der Waals surface area contributed by atoms with Gasteiger partial charge in [-0.05, 0) is 26.0 Å². The lowest BCUT2D eigenvalue weighted by Crippen LogP contribution is -3.15. The van der Waals surface area contributed by atoms with Gasteiger partial charge in [-0.3, -0.25) is 9.48 Å². The third-order valence-electron chi connectivity index (χ3n) is 5.07. The Kier molecular flexibility index (Phi) is 5.82. The van der Waals surface area contributed by atoms with Crippen LogP contribution in [0, 0.1) is 19.7 Å². The van der Waals surface area contributed by atoms with E-state index in [0.29, 0.717) is 18.8 Å². The summed E-state index contributed by atoms with van der Waals surface area (Å²) in [5.41, 5.74) is 2.35. The van der Waals surface area contributed by atoms with E-state index in [1.807, 2.05) is 20.9 Å². The van der Waals surface area contributed by atoms with E-state index in [9.17, 15) is 17.6 Å². The van der Waals surface area contributed by atoms with E-state index in [4.69, 9.17) is 0 Å². The molecule has 28 heavy (non-hydrogen) atoms. The van der Waals surface area contributed by atoms with Crippen LogP contribution in [-0.4, -0.2) is 61.1 Å². The molecule has 3 rings (SSSR count). The number of nitrogens with one attached hydrogen (secondary N) is 2. The molecule has 2 heterocycles. The van der Waals surface area contributed by atoms with Crippen molar-refractivity contribution in [3.8, 4) is 0 Å². The van der Waals surface area contributed by atoms with E-state index in [1.54, 1.807) is 4.68 Å². The van der Waals surface area contributed by atoms with Crippen LogP contribution in [0.4, 0.5) is 10.1 Å². The molecule has 0 spiro atoms. The number of aromatic nitrogens is 2. The van der Waals surface area contributed by atoms with Gasteiger partial charge in [0.15, 0.2) is 6.54 Å². The number of carbonyl (C=O) groups is 1. The van der Waals surface area contributed by atoms with Crippen LogP contribution in [0.1, 0.15) is 11.4 Å². The second kappa shape index (κ2) is 7.98. The number of nitrogens with zero attached hydrogens (tertiary/aromatic N) is 3. The highest BCUT2D eigenvalue weighted by Crippen LogP contribution is 2.19. The van der Waals surface area contributed by atoms with Crippen LogP contribution in [0.3, 0.4) is 0 Å². The first-order valence-electron chi connectivity index (χ1n) is 9.08. The Morgan fingerprint density at radius 2 is 1.89 bits per heavy atom. The summed E-state index contributed by atoms with van der Waals surface area (Å²) in [6.45, 7) is 5.39. The highest BCUT2D eigenvalue weighted by Gasteiger charge is 2.32. The SMILES string of the molecule is Cc1nn(C)c(C)c1NC(=O)C[NH+]1CCN(S(=O)(=O)c2ccccc2F)CC1. The molecule has 0 atom stereocenters. The van der Waals surface area contributed by atoms with Crippen molar-refractivity contribution in [2.24, 2.45) is 7.05 Å². The first-order chi connectivity index (χ1) is 13.2. The summed E-state index contributed by atoms with van der Waals surface area (Å²) in [4.78, 5) is 13.1. The van der Waals surface area contributed by atoms with Crippen LogP contribution >= 0.6 is 0 Å². The Bertz CT molecular complexity index is 981. The van der Waals surface area contributed by atoms with Gasteiger partial charge < -0.3 is 10.2 Å². The lowest BCUT2D eigenvalue weighted by molar-refractivity contribution is -0.895. The quantitative estimate of drug-likeness (QED) is 0.709. The fourth-order valence-electron chi connectivity index (χ4n) is 3.38. The molecule has 1 aliphatic heterocycles. The average molecular weight is 410 g/mol. The van der Waals surface area contributed by atoms with Crippen molar-refractivity contribution in [2.75, 3.05) is 38.0 Å². The molecule has 1 saturated heterocycles. The first kappa shape index (κ1) is 20.4. The summed E-state index contributed by atoms with van der Waals surface area (Å²) in [5.74, 6) is -0.890. The molecule has 0 unspecified atom stereocenters. The van der Waals surface area contributed by atoms with Gasteiger partial charge in [-0.25, -0.2) is 12.8 Å². The number of rotatable bonds is 5. The number of hydrogen-bond acceptors (Lipinski definition) is 4. The van der Waals surface area contributed by atoms with Gasteiger partial charge in [0.1, 0.15) is 10.7 Å². The van der Waals surface area contributed by atoms with Crippen molar-refractivity contribution in [1.82, 2.24) is 14.1 Å². The van der Waals surface area contributed by atoms with Gasteiger partial charge in [0.05, 0.1) is 43.3 Å². The molecule has 8 nitrogen and oxygen atoms in total. The van der Waals surface area contributed by atoms with Gasteiger partial charge in [-0.15, -0.1) is 0 Å². The molecule has 1 fully saturated rings. The monoisotopic (exact) mass is 410 g/mol. The van der Waals surface area contributed by atoms with E-state index in [1.165, 1.54) is 22.5 Å². The fraction of sp³-hybridized carbons (Fsp3) is 0.444. The molecule has 10 heteroatoms. The number of amides is 1. The van der Waals surface area contributed by atoms with Gasteiger partial charge in [0.25, 0.3) is 5.91 Å². The van der Waals surface area contributed by atoms with E-state index in [0.717, 1.165) is 22.4 Å². The number of hydrogen-bond donors (Lipinski definition) is 2. The van der Waals surface area contributed by atoms with Crippen molar-refractivity contribution in [2.45, 2.75) is 18.7 Å². The van der Waals surface area contributed by atoms with Crippen LogP contribution in [0.15, 0.2) is 29.2 Å². The smallest absolute Gasteiger partial charge is 0.279 e. The zero-order chi connectivity index (χ0) is 20.5. The summed E-state index contributed by atoms with van der Waals surface area (Å²) in [5, 5.41) is 7.17. The molecule has 0 aliphatic carbocycles. The van der Waals surface area contributed by atoms with Crippen molar-refractivity contribution in [1.29, 1.82) is 0 Å². The van der Waals surface area contributed by atoms with Crippen molar-refractivity contribution >= 4 is 21.6 Å². The number of anilines is 1. The molecular weight excluding hydrogens is 385 g/mol. The van der Waals surface area contributed by atoms with Crippen LogP contribution in [-0.2, 0) is 21.9 Å². The molecular formula is C18H25FN5O3S+. The largest absolute Gasteiger partial charge is 0.325 e.